The third-order valence-corrected chi connectivity index (χ3v) is 19.5. The Morgan fingerprint density at radius 2 is 0.523 bits per heavy atom. The van der Waals surface area contributed by atoms with E-state index < -0.39 is 0 Å². The molecule has 0 aliphatic rings. The summed E-state index contributed by atoms with van der Waals surface area (Å²) in [4.78, 5) is 0. The minimum atomic E-state index is 0.397. The van der Waals surface area contributed by atoms with E-state index >= 15 is 0 Å². The molecule has 18 nitrogen and oxygen atoms in total. The quantitative estimate of drug-likeness (QED) is 0.0505. The van der Waals surface area contributed by atoms with Crippen LogP contribution in [-0.4, -0.2) is 0 Å². The molecule has 0 amide bonds. The summed E-state index contributed by atoms with van der Waals surface area (Å²) in [5.41, 5.74) is 142. The Balaban J connectivity index is 0.000000621. The lowest BCUT2D eigenvalue weighted by Crippen LogP contribution is -2.16. The normalized spacial score (nSPS) is 10.5. The molecule has 18 heteroatoms. The molecule has 0 spiro atoms. The van der Waals surface area contributed by atoms with Crippen molar-refractivity contribution >= 4 is 102 Å². The molecule has 0 saturated heterocycles. The maximum Gasteiger partial charge on any atom is 0.0394 e. The molecule has 0 aromatic heterocycles. The van der Waals surface area contributed by atoms with Gasteiger partial charge in [0.1, 0.15) is 0 Å². The van der Waals surface area contributed by atoms with Gasteiger partial charge in [-0.1, -0.05) is 155 Å². The lowest BCUT2D eigenvalue weighted by molar-refractivity contribution is 0.757. The Bertz CT molecular complexity index is 4050. The van der Waals surface area contributed by atoms with Crippen LogP contribution >= 0.6 is 0 Å². The van der Waals surface area contributed by atoms with Crippen LogP contribution in [0.5, 0.6) is 0 Å². The molecule has 9 rings (SSSR count). The van der Waals surface area contributed by atoms with Crippen LogP contribution in [-0.2, 0) is 38.5 Å². The van der Waals surface area contributed by atoms with Crippen molar-refractivity contribution in [2.24, 2.45) is 0 Å². The topological polar surface area (TPSA) is 468 Å². The molecule has 0 atom stereocenters. The lowest BCUT2D eigenvalue weighted by Gasteiger charge is -2.29. The molecule has 600 valence electrons. The predicted molar refractivity (Wildman–Crippen MR) is 491 cm³/mol. The van der Waals surface area contributed by atoms with E-state index in [-0.39, 0.29) is 0 Å². The largest absolute Gasteiger partial charge is 0.399 e. The molecule has 0 heterocycles. The second kappa shape index (κ2) is 45.3. The van der Waals surface area contributed by atoms with E-state index in [1.807, 2.05) is 121 Å². The first-order valence-electron chi connectivity index (χ1n) is 38.6. The summed E-state index contributed by atoms with van der Waals surface area (Å²) < 4.78 is 0. The number of rotatable bonds is 12. The van der Waals surface area contributed by atoms with E-state index in [1.165, 1.54) is 44.5 Å². The second-order valence-corrected chi connectivity index (χ2v) is 30.0. The fourth-order valence-electron chi connectivity index (χ4n) is 13.1. The van der Waals surface area contributed by atoms with Crippen LogP contribution in [0.15, 0.2) is 103 Å². The van der Waals surface area contributed by atoms with E-state index in [4.69, 9.17) is 103 Å². The average molecular weight is 1490 g/mol. The van der Waals surface area contributed by atoms with Crippen molar-refractivity contribution < 1.29 is 0 Å². The molecule has 9 aromatic carbocycles. The summed E-state index contributed by atoms with van der Waals surface area (Å²) >= 11 is 0. The van der Waals surface area contributed by atoms with Gasteiger partial charge in [0.2, 0.25) is 0 Å². The van der Waals surface area contributed by atoms with Crippen LogP contribution < -0.4 is 103 Å². The van der Waals surface area contributed by atoms with Crippen molar-refractivity contribution in [3.8, 4) is 0 Å². The third kappa shape index (κ3) is 27.8. The van der Waals surface area contributed by atoms with E-state index in [1.54, 1.807) is 30.3 Å². The van der Waals surface area contributed by atoms with Crippen LogP contribution in [0.4, 0.5) is 102 Å². The van der Waals surface area contributed by atoms with Gasteiger partial charge >= 0.3 is 0 Å². The number of nitrogens with two attached hydrogens (primary N) is 18. The number of aryl methyl sites for hydroxylation is 7. The monoisotopic (exact) mass is 1490 g/mol. The van der Waals surface area contributed by atoms with Crippen molar-refractivity contribution in [2.45, 2.75) is 247 Å². The van der Waals surface area contributed by atoms with Crippen molar-refractivity contribution in [1.82, 2.24) is 0 Å². The Labute approximate surface area is 658 Å². The van der Waals surface area contributed by atoms with Gasteiger partial charge in [-0.3, -0.25) is 0 Å². The summed E-state index contributed by atoms with van der Waals surface area (Å²) in [6.07, 6.45) is 5.77. The first-order chi connectivity index (χ1) is 50.7. The summed E-state index contributed by atoms with van der Waals surface area (Å²) in [6, 6.07) is 31.8. The highest BCUT2D eigenvalue weighted by Crippen LogP contribution is 2.46. The fourth-order valence-corrected chi connectivity index (χ4v) is 13.1. The standard InChI is InChI=1S/C18H32N2.C14H24N2.C12H20N2.C10H16N2.C9H14N2.C8H12N2.2C7H10N2.C6H8N2/c1-9(2)13-14(10(3)4)18(20)16(12(7)8)15(11(5)6)17(13)19;1-5-9-10(6-2)14(16)12(8-4)11(7-3)13(9)15;1-7(2)10-5-9(13)6-11(8(3)4)12(10)14;1-3-7-5-9(11)6-8(4-2)10(7)12;1-5-4-6(2)9(11)7(3)8(5)10;1-5-3-6(2)8(10)4-7(5)9;1-5-2-3-6(8)4-7(5)9;1-5-6(8)3-2-4-7(5)9;7-5-2-1-3-6(8)4-5/h9-12H,19-20H2,1-8H3;5-8,15-16H2,1-4H3;5-8H,13-14H2,1-4H3;5-6H,3-4,11-12H2,1-2H3;4H,10-11H2,1-3H3;3-4H,9-10H2,1-2H3;2*2-4H,8-9H2,1H3;1-4H,7-8H2. The van der Waals surface area contributed by atoms with E-state index in [0.717, 1.165) is 191 Å². The molecule has 0 radical (unpaired) electrons. The maximum atomic E-state index is 6.58. The van der Waals surface area contributed by atoms with Gasteiger partial charge in [-0.05, 0) is 301 Å². The smallest absolute Gasteiger partial charge is 0.0394 e. The highest BCUT2D eigenvalue weighted by molar-refractivity contribution is 5.76. The SMILES string of the molecule is CC(C)c1c(N)c(C(C)C)c(C(C)C)c(N)c1C(C)C.CC(C)c1cc(N)cc(C(C)C)c1N.CCc1c(N)c(CC)c(CC)c(N)c1CC.CCc1cc(N)cc(CC)c1N.Cc1c(N)cccc1N.Cc1cc(C)c(N)c(C)c1N.Cc1cc(C)c(N)cc1N.Cc1ccc(N)cc1N.Nc1cccc(N)c1. The highest BCUT2D eigenvalue weighted by Gasteiger charge is 2.27. The third-order valence-electron chi connectivity index (χ3n) is 19.5. The Kier molecular flexibility index (Phi) is 40.0. The molecule has 0 aliphatic heterocycles. The Hall–Kier alpha value is -10.6. The summed E-state index contributed by atoms with van der Waals surface area (Å²) in [5.74, 6) is 2.44. The zero-order valence-electron chi connectivity index (χ0n) is 71.4. The number of hydrogen-bond acceptors (Lipinski definition) is 18. The summed E-state index contributed by atoms with van der Waals surface area (Å²) in [7, 11) is 0. The molecule has 0 fully saturated rings. The molecular formula is C91H146N18. The van der Waals surface area contributed by atoms with E-state index in [0.29, 0.717) is 46.9 Å². The van der Waals surface area contributed by atoms with Gasteiger partial charge < -0.3 is 103 Å². The molecule has 0 aliphatic carbocycles. The molecule has 9 aromatic rings. The van der Waals surface area contributed by atoms with Crippen LogP contribution in [0, 0.1) is 48.5 Å². The van der Waals surface area contributed by atoms with E-state index in [2.05, 4.69) is 125 Å². The van der Waals surface area contributed by atoms with Crippen molar-refractivity contribution in [3.63, 3.8) is 0 Å². The fraction of sp³-hybridized carbons (Fsp3) is 0.407. The number of nitrogen functional groups attached to an aromatic ring is 18. The molecular weight excluding hydrogens is 1350 g/mol. The molecule has 0 unspecified atom stereocenters. The van der Waals surface area contributed by atoms with Crippen LogP contribution in [0.1, 0.15) is 266 Å². The Morgan fingerprint density at radius 3 is 0.780 bits per heavy atom. The van der Waals surface area contributed by atoms with Gasteiger partial charge in [-0.25, -0.2) is 0 Å². The maximum absolute atomic E-state index is 6.58. The van der Waals surface area contributed by atoms with Crippen molar-refractivity contribution in [1.29, 1.82) is 0 Å². The number of benzene rings is 9. The lowest BCUT2D eigenvalue weighted by atomic mass is 9.78. The first-order valence-corrected chi connectivity index (χ1v) is 38.6. The van der Waals surface area contributed by atoms with Gasteiger partial charge in [-0.2, -0.15) is 0 Å². The highest BCUT2D eigenvalue weighted by atomic mass is 14.7. The average Bonchev–Trinajstić information content (AvgIpc) is 0.757. The van der Waals surface area contributed by atoms with Crippen LogP contribution in [0.2, 0.25) is 0 Å². The van der Waals surface area contributed by atoms with Crippen LogP contribution in [0.3, 0.4) is 0 Å². The molecule has 0 bridgehead atoms. The zero-order valence-corrected chi connectivity index (χ0v) is 71.4. The minimum Gasteiger partial charge on any atom is -0.399 e. The molecule has 0 saturated carbocycles. The summed E-state index contributed by atoms with van der Waals surface area (Å²) in [6.45, 7) is 52.7. The van der Waals surface area contributed by atoms with Gasteiger partial charge in [0.25, 0.3) is 0 Å². The minimum absolute atomic E-state index is 0.397. The zero-order chi connectivity index (χ0) is 84.1. The number of anilines is 18. The second-order valence-electron chi connectivity index (χ2n) is 30.0. The Morgan fingerprint density at radius 1 is 0.220 bits per heavy atom. The van der Waals surface area contributed by atoms with Crippen molar-refractivity contribution in [2.75, 3.05) is 103 Å². The summed E-state index contributed by atoms with van der Waals surface area (Å²) in [5, 5.41) is 0. The van der Waals surface area contributed by atoms with E-state index in [9.17, 15) is 0 Å². The number of hydrogen-bond donors (Lipinski definition) is 18. The molecule has 109 heavy (non-hydrogen) atoms. The van der Waals surface area contributed by atoms with Gasteiger partial charge in [0.15, 0.2) is 0 Å². The van der Waals surface area contributed by atoms with Crippen LogP contribution in [0.25, 0.3) is 0 Å². The predicted octanol–water partition coefficient (Wildman–Crippen LogP) is 19.9. The first kappa shape index (κ1) is 96.4. The van der Waals surface area contributed by atoms with Gasteiger partial charge in [0.05, 0.1) is 0 Å². The van der Waals surface area contributed by atoms with Gasteiger partial charge in [-0.15, -0.1) is 0 Å². The van der Waals surface area contributed by atoms with Crippen molar-refractivity contribution in [3.05, 3.63) is 209 Å². The van der Waals surface area contributed by atoms with Gasteiger partial charge in [0, 0.05) is 102 Å². The molecule has 36 N–H and O–H groups in total.